The first kappa shape index (κ1) is 18.9. The van der Waals surface area contributed by atoms with Crippen molar-refractivity contribution >= 4 is 24.3 Å². The van der Waals surface area contributed by atoms with Crippen molar-refractivity contribution in [1.29, 1.82) is 0 Å². The van der Waals surface area contributed by atoms with Crippen LogP contribution in [0, 0.1) is 19.7 Å². The largest absolute Gasteiger partial charge is 0.490 e. The molecule has 0 saturated carbocycles. The van der Waals surface area contributed by atoms with Crippen LogP contribution in [0.25, 0.3) is 0 Å². The molecule has 25 heavy (non-hydrogen) atoms. The van der Waals surface area contributed by atoms with Crippen molar-refractivity contribution < 1.29 is 18.7 Å². The number of hydrogen-bond acceptors (Lipinski definition) is 3. The van der Waals surface area contributed by atoms with E-state index in [1.54, 1.807) is 12.1 Å². The number of hydrogen-bond donors (Lipinski definition) is 1. The number of benzene rings is 2. The van der Waals surface area contributed by atoms with Crippen LogP contribution in [-0.4, -0.2) is 25.8 Å². The van der Waals surface area contributed by atoms with Gasteiger partial charge in [0.05, 0.1) is 11.6 Å². The molecule has 0 spiro atoms. The van der Waals surface area contributed by atoms with Crippen LogP contribution in [0.5, 0.6) is 5.75 Å². The van der Waals surface area contributed by atoms with Crippen molar-refractivity contribution in [3.63, 3.8) is 0 Å². The summed E-state index contributed by atoms with van der Waals surface area (Å²) in [6.07, 6.45) is 1.59. The van der Waals surface area contributed by atoms with Crippen LogP contribution in [-0.2, 0) is 11.2 Å². The molecular formula is C19H19ClFNO3. The van der Waals surface area contributed by atoms with Crippen LogP contribution in [0.2, 0.25) is 5.02 Å². The van der Waals surface area contributed by atoms with Gasteiger partial charge in [-0.3, -0.25) is 9.59 Å². The fourth-order valence-corrected chi connectivity index (χ4v) is 2.86. The van der Waals surface area contributed by atoms with Crippen LogP contribution < -0.4 is 10.1 Å². The Kier molecular flexibility index (Phi) is 6.53. The van der Waals surface area contributed by atoms with Crippen LogP contribution in [0.15, 0.2) is 24.3 Å². The van der Waals surface area contributed by atoms with E-state index in [2.05, 4.69) is 5.32 Å². The number of aldehydes is 1. The van der Waals surface area contributed by atoms with Gasteiger partial charge in [0.15, 0.2) is 0 Å². The van der Waals surface area contributed by atoms with E-state index >= 15 is 0 Å². The summed E-state index contributed by atoms with van der Waals surface area (Å²) in [5.41, 5.74) is 3.33. The number of carbonyl (C=O) groups excluding carboxylic acids is 2. The van der Waals surface area contributed by atoms with E-state index in [0.717, 1.165) is 16.7 Å². The first-order valence-corrected chi connectivity index (χ1v) is 8.17. The maximum absolute atomic E-state index is 14.1. The van der Waals surface area contributed by atoms with Crippen LogP contribution >= 0.6 is 11.6 Å². The molecule has 0 aliphatic heterocycles. The average molecular weight is 364 g/mol. The molecule has 0 bridgehead atoms. The smallest absolute Gasteiger partial charge is 0.207 e. The minimum atomic E-state index is -0.418. The van der Waals surface area contributed by atoms with Gasteiger partial charge in [-0.15, -0.1) is 0 Å². The van der Waals surface area contributed by atoms with Gasteiger partial charge >= 0.3 is 0 Å². The molecule has 0 aliphatic rings. The van der Waals surface area contributed by atoms with Crippen LogP contribution in [0.4, 0.5) is 4.39 Å². The highest BCUT2D eigenvalue weighted by Crippen LogP contribution is 2.35. The van der Waals surface area contributed by atoms with Gasteiger partial charge in [0.25, 0.3) is 0 Å². The number of ether oxygens (including phenoxy) is 1. The topological polar surface area (TPSA) is 55.4 Å². The number of carbonyl (C=O) groups is 2. The minimum absolute atomic E-state index is 0.305. The Labute approximate surface area is 150 Å². The van der Waals surface area contributed by atoms with Gasteiger partial charge in [0, 0.05) is 12.0 Å². The van der Waals surface area contributed by atoms with E-state index in [4.69, 9.17) is 16.3 Å². The third-order valence-corrected chi connectivity index (χ3v) is 4.38. The number of rotatable bonds is 8. The molecule has 2 rings (SSSR count). The quantitative estimate of drug-likeness (QED) is 0.575. The van der Waals surface area contributed by atoms with Gasteiger partial charge in [-0.05, 0) is 42.2 Å². The summed E-state index contributed by atoms with van der Waals surface area (Å²) in [6, 6.07) is 6.34. The summed E-state index contributed by atoms with van der Waals surface area (Å²) in [7, 11) is 0. The summed E-state index contributed by atoms with van der Waals surface area (Å²) < 4.78 is 19.8. The standard InChI is InChI=1S/C19H19ClFNO3/c1-12-7-16(9-15-4-3-14(10-23)8-17(15)21)13(2)18(20)19(12)25-6-5-22-11-24/h3-4,7-8,10-11H,5-6,9H2,1-2H3,(H,22,24). The van der Waals surface area contributed by atoms with Crippen molar-refractivity contribution in [2.45, 2.75) is 20.3 Å². The molecule has 2 aromatic carbocycles. The Morgan fingerprint density at radius 1 is 1.20 bits per heavy atom. The Hall–Kier alpha value is -2.40. The van der Waals surface area contributed by atoms with E-state index in [-0.39, 0.29) is 0 Å². The molecule has 6 heteroatoms. The van der Waals surface area contributed by atoms with Gasteiger partial charge in [0.1, 0.15) is 24.5 Å². The van der Waals surface area contributed by atoms with E-state index in [1.165, 1.54) is 6.07 Å². The third-order valence-electron chi connectivity index (χ3n) is 3.93. The summed E-state index contributed by atoms with van der Waals surface area (Å²) in [5.74, 6) is 0.144. The lowest BCUT2D eigenvalue weighted by molar-refractivity contribution is -0.109. The van der Waals surface area contributed by atoms with E-state index < -0.39 is 5.82 Å². The second-order valence-corrected chi connectivity index (χ2v) is 6.06. The Balaban J connectivity index is 2.25. The molecule has 4 nitrogen and oxygen atoms in total. The predicted octanol–water partition coefficient (Wildman–Crippen LogP) is 3.62. The molecule has 0 atom stereocenters. The van der Waals surface area contributed by atoms with Gasteiger partial charge in [-0.25, -0.2) is 4.39 Å². The second kappa shape index (κ2) is 8.62. The van der Waals surface area contributed by atoms with Crippen molar-refractivity contribution in [3.05, 3.63) is 62.9 Å². The number of aryl methyl sites for hydroxylation is 1. The number of amides is 1. The zero-order valence-electron chi connectivity index (χ0n) is 14.1. The molecule has 1 amide bonds. The van der Waals surface area contributed by atoms with E-state index in [0.29, 0.717) is 54.2 Å². The third kappa shape index (κ3) is 4.57. The van der Waals surface area contributed by atoms with Gasteiger partial charge in [-0.2, -0.15) is 0 Å². The van der Waals surface area contributed by atoms with Gasteiger partial charge < -0.3 is 10.1 Å². The summed E-state index contributed by atoms with van der Waals surface area (Å²) in [5, 5.41) is 2.99. The molecule has 0 heterocycles. The van der Waals surface area contributed by atoms with E-state index in [9.17, 15) is 14.0 Å². The number of nitrogens with one attached hydrogen (secondary N) is 1. The Morgan fingerprint density at radius 3 is 2.60 bits per heavy atom. The highest BCUT2D eigenvalue weighted by atomic mass is 35.5. The minimum Gasteiger partial charge on any atom is -0.490 e. The molecule has 0 aromatic heterocycles. The first-order valence-electron chi connectivity index (χ1n) is 7.80. The molecule has 0 fully saturated rings. The molecular weight excluding hydrogens is 345 g/mol. The average Bonchev–Trinajstić information content (AvgIpc) is 2.60. The maximum Gasteiger partial charge on any atom is 0.207 e. The SMILES string of the molecule is Cc1cc(Cc2ccc(C=O)cc2F)c(C)c(Cl)c1OCCNC=O. The van der Waals surface area contributed by atoms with Crippen molar-refractivity contribution in [2.75, 3.05) is 13.2 Å². The molecule has 2 aromatic rings. The van der Waals surface area contributed by atoms with Crippen molar-refractivity contribution in [2.24, 2.45) is 0 Å². The van der Waals surface area contributed by atoms with Crippen molar-refractivity contribution in [3.8, 4) is 5.75 Å². The molecule has 0 radical (unpaired) electrons. The van der Waals surface area contributed by atoms with Crippen LogP contribution in [0.3, 0.4) is 0 Å². The lowest BCUT2D eigenvalue weighted by Crippen LogP contribution is -2.19. The van der Waals surface area contributed by atoms with Gasteiger partial charge in [0.2, 0.25) is 6.41 Å². The fraction of sp³-hybridized carbons (Fsp3) is 0.263. The molecule has 132 valence electrons. The van der Waals surface area contributed by atoms with Crippen LogP contribution in [0.1, 0.15) is 32.6 Å². The molecule has 1 N–H and O–H groups in total. The highest BCUT2D eigenvalue weighted by Gasteiger charge is 2.15. The molecule has 0 aliphatic carbocycles. The second-order valence-electron chi connectivity index (χ2n) is 5.69. The lowest BCUT2D eigenvalue weighted by atomic mass is 9.97. The molecule has 0 saturated heterocycles. The van der Waals surface area contributed by atoms with Gasteiger partial charge in [-0.1, -0.05) is 29.8 Å². The maximum atomic E-state index is 14.1. The first-order chi connectivity index (χ1) is 12.0. The zero-order chi connectivity index (χ0) is 18.4. The Morgan fingerprint density at radius 2 is 1.96 bits per heavy atom. The van der Waals surface area contributed by atoms with Crippen molar-refractivity contribution in [1.82, 2.24) is 5.32 Å². The fourth-order valence-electron chi connectivity index (χ4n) is 2.54. The van der Waals surface area contributed by atoms with E-state index in [1.807, 2.05) is 19.9 Å². The lowest BCUT2D eigenvalue weighted by Gasteiger charge is -2.16. The summed E-state index contributed by atoms with van der Waals surface area (Å²) in [6.45, 7) is 4.41. The molecule has 0 unspecified atom stereocenters. The predicted molar refractivity (Wildman–Crippen MR) is 95.1 cm³/mol. The zero-order valence-corrected chi connectivity index (χ0v) is 14.8. The Bertz CT molecular complexity index is 793. The normalized spacial score (nSPS) is 10.4. The highest BCUT2D eigenvalue weighted by molar-refractivity contribution is 6.33. The summed E-state index contributed by atoms with van der Waals surface area (Å²) >= 11 is 6.42. The summed E-state index contributed by atoms with van der Waals surface area (Å²) in [4.78, 5) is 21.0. The number of halogens is 2. The monoisotopic (exact) mass is 363 g/mol.